The fraction of sp³-hybridized carbons (Fsp3) is 0.421. The molecule has 3 N–H and O–H groups in total. The van der Waals surface area contributed by atoms with Gasteiger partial charge in [-0.2, -0.15) is 0 Å². The van der Waals surface area contributed by atoms with Crippen molar-refractivity contribution in [2.45, 2.75) is 31.7 Å². The van der Waals surface area contributed by atoms with Crippen LogP contribution in [0.4, 0.5) is 0 Å². The first-order valence-corrected chi connectivity index (χ1v) is 9.29. The van der Waals surface area contributed by atoms with Crippen LogP contribution in [0.25, 0.3) is 0 Å². The highest BCUT2D eigenvalue weighted by molar-refractivity contribution is 6.24. The van der Waals surface area contributed by atoms with Crippen molar-refractivity contribution in [2.24, 2.45) is 0 Å². The molecular weight excluding hydrogens is 382 g/mol. The van der Waals surface area contributed by atoms with Crippen LogP contribution in [0.5, 0.6) is 5.75 Å². The van der Waals surface area contributed by atoms with Gasteiger partial charge in [0.25, 0.3) is 17.7 Å². The van der Waals surface area contributed by atoms with Gasteiger partial charge >= 0.3 is 0 Å². The van der Waals surface area contributed by atoms with E-state index in [2.05, 4.69) is 10.6 Å². The van der Waals surface area contributed by atoms with Crippen molar-refractivity contribution < 1.29 is 33.8 Å². The number of imide groups is 2. The van der Waals surface area contributed by atoms with Crippen molar-refractivity contribution in [1.82, 2.24) is 15.5 Å². The number of hydrogen-bond donors (Lipinski definition) is 3. The van der Waals surface area contributed by atoms with Gasteiger partial charge < -0.3 is 15.2 Å². The standard InChI is InChI=1S/C19H21N3O7/c23-9-2-1-8-20-15(25)10-29-13-5-3-4-11-16(13)19(28)22(18(11)27)12-6-7-14(24)21-17(12)26/h3-5,12,23H,1-2,6-10H2,(H,20,25)(H,21,24,26). The molecule has 1 aromatic carbocycles. The van der Waals surface area contributed by atoms with E-state index in [1.165, 1.54) is 18.2 Å². The summed E-state index contributed by atoms with van der Waals surface area (Å²) < 4.78 is 5.45. The lowest BCUT2D eigenvalue weighted by Crippen LogP contribution is -2.54. The molecule has 154 valence electrons. The van der Waals surface area contributed by atoms with E-state index in [1.54, 1.807) is 0 Å². The number of nitrogens with one attached hydrogen (secondary N) is 2. The van der Waals surface area contributed by atoms with E-state index in [1.807, 2.05) is 0 Å². The van der Waals surface area contributed by atoms with Gasteiger partial charge in [-0.1, -0.05) is 6.07 Å². The number of amides is 5. The van der Waals surface area contributed by atoms with Crippen molar-refractivity contribution in [2.75, 3.05) is 19.8 Å². The van der Waals surface area contributed by atoms with E-state index in [0.29, 0.717) is 19.4 Å². The van der Waals surface area contributed by atoms with Gasteiger partial charge in [0.15, 0.2) is 6.61 Å². The number of unbranched alkanes of at least 4 members (excludes halogenated alkanes) is 1. The number of aliphatic hydroxyl groups excluding tert-OH is 1. The Morgan fingerprint density at radius 2 is 2.00 bits per heavy atom. The van der Waals surface area contributed by atoms with Crippen LogP contribution in [-0.2, 0) is 14.4 Å². The summed E-state index contributed by atoms with van der Waals surface area (Å²) in [6, 6.07) is 3.37. The number of fused-ring (bicyclic) bond motifs is 1. The summed E-state index contributed by atoms with van der Waals surface area (Å²) in [7, 11) is 0. The SMILES string of the molecule is O=C(COc1cccc2c1C(=O)N(C1CCC(=O)NC1=O)C2=O)NCCCCO. The van der Waals surface area contributed by atoms with Crippen molar-refractivity contribution in [3.05, 3.63) is 29.3 Å². The average Bonchev–Trinajstić information content (AvgIpc) is 2.95. The van der Waals surface area contributed by atoms with Gasteiger partial charge in [-0.05, 0) is 31.4 Å². The maximum Gasteiger partial charge on any atom is 0.266 e. The van der Waals surface area contributed by atoms with E-state index in [0.717, 1.165) is 4.90 Å². The summed E-state index contributed by atoms with van der Waals surface area (Å²) >= 11 is 0. The van der Waals surface area contributed by atoms with Gasteiger partial charge in [0.2, 0.25) is 11.8 Å². The molecule has 10 heteroatoms. The number of piperidine rings is 1. The Labute approximate surface area is 166 Å². The van der Waals surface area contributed by atoms with Gasteiger partial charge in [0.1, 0.15) is 11.8 Å². The predicted molar refractivity (Wildman–Crippen MR) is 97.9 cm³/mol. The third-order valence-corrected chi connectivity index (χ3v) is 4.70. The van der Waals surface area contributed by atoms with Crippen LogP contribution in [0.15, 0.2) is 18.2 Å². The van der Waals surface area contributed by atoms with Gasteiger partial charge in [0, 0.05) is 19.6 Å². The fourth-order valence-corrected chi connectivity index (χ4v) is 3.26. The molecule has 0 spiro atoms. The Morgan fingerprint density at radius 1 is 1.21 bits per heavy atom. The molecule has 2 aliphatic heterocycles. The number of aliphatic hydroxyl groups is 1. The zero-order valence-corrected chi connectivity index (χ0v) is 15.6. The van der Waals surface area contributed by atoms with Crippen LogP contribution in [0.3, 0.4) is 0 Å². The number of carbonyl (C=O) groups is 5. The molecule has 2 aliphatic rings. The van der Waals surface area contributed by atoms with Crippen molar-refractivity contribution >= 4 is 29.5 Å². The Morgan fingerprint density at radius 3 is 2.72 bits per heavy atom. The third kappa shape index (κ3) is 4.27. The number of rotatable bonds is 8. The highest BCUT2D eigenvalue weighted by Gasteiger charge is 2.46. The predicted octanol–water partition coefficient (Wildman–Crippen LogP) is -0.645. The smallest absolute Gasteiger partial charge is 0.266 e. The number of carbonyl (C=O) groups excluding carboxylic acids is 5. The zero-order valence-electron chi connectivity index (χ0n) is 15.6. The minimum atomic E-state index is -1.07. The fourth-order valence-electron chi connectivity index (χ4n) is 3.26. The first-order valence-electron chi connectivity index (χ1n) is 9.29. The molecule has 0 bridgehead atoms. The third-order valence-electron chi connectivity index (χ3n) is 4.70. The summed E-state index contributed by atoms with van der Waals surface area (Å²) in [5.74, 6) is -2.81. The Kier molecular flexibility index (Phi) is 6.23. The first-order chi connectivity index (χ1) is 13.9. The van der Waals surface area contributed by atoms with Crippen molar-refractivity contribution in [3.63, 3.8) is 0 Å². The second-order valence-electron chi connectivity index (χ2n) is 6.70. The molecule has 1 aromatic rings. The van der Waals surface area contributed by atoms with Crippen LogP contribution in [-0.4, -0.2) is 65.3 Å². The average molecular weight is 403 g/mol. The van der Waals surface area contributed by atoms with Crippen LogP contribution >= 0.6 is 0 Å². The molecular formula is C19H21N3O7. The monoisotopic (exact) mass is 403 g/mol. The zero-order chi connectivity index (χ0) is 21.0. The Balaban J connectivity index is 1.71. The topological polar surface area (TPSA) is 142 Å². The van der Waals surface area contributed by atoms with E-state index in [4.69, 9.17) is 9.84 Å². The molecule has 1 fully saturated rings. The highest BCUT2D eigenvalue weighted by atomic mass is 16.5. The number of ether oxygens (including phenoxy) is 1. The summed E-state index contributed by atoms with van der Waals surface area (Å²) in [5.41, 5.74) is 0.0795. The van der Waals surface area contributed by atoms with Crippen LogP contribution < -0.4 is 15.4 Å². The summed E-state index contributed by atoms with van der Waals surface area (Å²) in [6.07, 6.45) is 1.28. The van der Waals surface area contributed by atoms with Gasteiger partial charge in [-0.3, -0.25) is 34.2 Å². The molecule has 1 atom stereocenters. The number of hydrogen-bond acceptors (Lipinski definition) is 7. The van der Waals surface area contributed by atoms with E-state index in [-0.39, 0.29) is 42.9 Å². The maximum absolute atomic E-state index is 12.9. The minimum Gasteiger partial charge on any atom is -0.483 e. The molecule has 1 saturated heterocycles. The quantitative estimate of drug-likeness (QED) is 0.387. The van der Waals surface area contributed by atoms with Crippen LogP contribution in [0.2, 0.25) is 0 Å². The van der Waals surface area contributed by atoms with E-state index >= 15 is 0 Å². The van der Waals surface area contributed by atoms with Crippen molar-refractivity contribution in [1.29, 1.82) is 0 Å². The lowest BCUT2D eigenvalue weighted by atomic mass is 10.0. The van der Waals surface area contributed by atoms with Gasteiger partial charge in [-0.25, -0.2) is 0 Å². The second kappa shape index (κ2) is 8.82. The van der Waals surface area contributed by atoms with Crippen molar-refractivity contribution in [3.8, 4) is 5.75 Å². The van der Waals surface area contributed by atoms with E-state index < -0.39 is 35.6 Å². The number of benzene rings is 1. The minimum absolute atomic E-state index is 0.00437. The highest BCUT2D eigenvalue weighted by Crippen LogP contribution is 2.33. The Hall–Kier alpha value is -3.27. The molecule has 0 radical (unpaired) electrons. The molecule has 0 aliphatic carbocycles. The van der Waals surface area contributed by atoms with Crippen LogP contribution in [0, 0.1) is 0 Å². The summed E-state index contributed by atoms with van der Waals surface area (Å²) in [4.78, 5) is 61.7. The molecule has 29 heavy (non-hydrogen) atoms. The van der Waals surface area contributed by atoms with Crippen LogP contribution in [0.1, 0.15) is 46.4 Å². The molecule has 0 aromatic heterocycles. The van der Waals surface area contributed by atoms with E-state index in [9.17, 15) is 24.0 Å². The molecule has 3 rings (SSSR count). The van der Waals surface area contributed by atoms with Gasteiger partial charge in [0.05, 0.1) is 11.1 Å². The normalized spacial score (nSPS) is 18.5. The molecule has 0 saturated carbocycles. The lowest BCUT2D eigenvalue weighted by molar-refractivity contribution is -0.136. The molecule has 1 unspecified atom stereocenters. The maximum atomic E-state index is 12.9. The number of nitrogens with zero attached hydrogens (tertiary/aromatic N) is 1. The lowest BCUT2D eigenvalue weighted by Gasteiger charge is -2.27. The summed E-state index contributed by atoms with van der Waals surface area (Å²) in [5, 5.41) is 13.5. The molecule has 5 amide bonds. The summed E-state index contributed by atoms with van der Waals surface area (Å²) in [6.45, 7) is 0.0775. The largest absolute Gasteiger partial charge is 0.483 e. The molecule has 10 nitrogen and oxygen atoms in total. The second-order valence-corrected chi connectivity index (χ2v) is 6.70. The van der Waals surface area contributed by atoms with Gasteiger partial charge in [-0.15, -0.1) is 0 Å². The molecule has 2 heterocycles. The Bertz CT molecular complexity index is 867. The first kappa shape index (κ1) is 20.5.